The van der Waals surface area contributed by atoms with Crippen LogP contribution in [-0.4, -0.2) is 38.6 Å². The largest absolute Gasteiger partial charge is 0.363 e. The zero-order chi connectivity index (χ0) is 17.4. The first-order valence-corrected chi connectivity index (χ1v) is 8.29. The number of hydrogen-bond donors (Lipinski definition) is 2. The number of hydrogen-bond acceptors (Lipinski definition) is 3. The van der Waals surface area contributed by atoms with Crippen LogP contribution in [0.15, 0.2) is 47.5 Å². The Kier molecular flexibility index (Phi) is 9.59. The maximum absolute atomic E-state index is 6.17. The van der Waals surface area contributed by atoms with E-state index >= 15 is 0 Å². The molecular weight excluding hydrogens is 449 g/mol. The van der Waals surface area contributed by atoms with Gasteiger partial charge in [0, 0.05) is 32.7 Å². The van der Waals surface area contributed by atoms with Gasteiger partial charge in [-0.2, -0.15) is 0 Å². The van der Waals surface area contributed by atoms with Crippen molar-refractivity contribution in [3.63, 3.8) is 0 Å². The second-order valence-electron chi connectivity index (χ2n) is 5.58. The van der Waals surface area contributed by atoms with Crippen molar-refractivity contribution in [3.8, 4) is 0 Å². The number of anilines is 1. The molecule has 0 atom stereocenters. The van der Waals surface area contributed by atoms with Crippen molar-refractivity contribution in [2.24, 2.45) is 4.99 Å². The quantitative estimate of drug-likeness (QED) is 0.384. The van der Waals surface area contributed by atoms with Crippen LogP contribution in [0.1, 0.15) is 11.3 Å². The van der Waals surface area contributed by atoms with Gasteiger partial charge in [-0.05, 0) is 30.2 Å². The average molecular weight is 474 g/mol. The molecule has 7 heteroatoms. The summed E-state index contributed by atoms with van der Waals surface area (Å²) >= 11 is 6.17. The molecule has 0 saturated heterocycles. The first-order valence-electron chi connectivity index (χ1n) is 7.91. The van der Waals surface area contributed by atoms with Crippen LogP contribution in [0.25, 0.3) is 0 Å². The fourth-order valence-electron chi connectivity index (χ4n) is 2.23. The van der Waals surface area contributed by atoms with Crippen LogP contribution in [0, 0.1) is 0 Å². The van der Waals surface area contributed by atoms with E-state index in [0.29, 0.717) is 6.54 Å². The molecular formula is C18H25ClIN5. The molecule has 2 rings (SSSR count). The molecule has 1 aromatic heterocycles. The predicted molar refractivity (Wildman–Crippen MR) is 117 cm³/mol. The van der Waals surface area contributed by atoms with Crippen molar-refractivity contribution < 1.29 is 0 Å². The maximum Gasteiger partial charge on any atom is 0.191 e. The summed E-state index contributed by atoms with van der Waals surface area (Å²) in [5.74, 6) is 1.69. The minimum absolute atomic E-state index is 0. The van der Waals surface area contributed by atoms with Crippen molar-refractivity contribution in [3.05, 3.63) is 58.7 Å². The number of aromatic nitrogens is 1. The first kappa shape index (κ1) is 21.5. The fraction of sp³-hybridized carbons (Fsp3) is 0.333. The van der Waals surface area contributed by atoms with Crippen LogP contribution >= 0.6 is 35.6 Å². The zero-order valence-corrected chi connectivity index (χ0v) is 17.9. The third kappa shape index (κ3) is 7.07. The van der Waals surface area contributed by atoms with Crippen LogP contribution in [0.4, 0.5) is 5.82 Å². The lowest BCUT2D eigenvalue weighted by Crippen LogP contribution is -2.38. The van der Waals surface area contributed by atoms with Crippen molar-refractivity contribution in [1.29, 1.82) is 0 Å². The number of halogens is 2. The van der Waals surface area contributed by atoms with Gasteiger partial charge in [0.1, 0.15) is 5.82 Å². The highest BCUT2D eigenvalue weighted by Gasteiger charge is 2.03. The summed E-state index contributed by atoms with van der Waals surface area (Å²) in [6, 6.07) is 13.9. The minimum Gasteiger partial charge on any atom is -0.363 e. The van der Waals surface area contributed by atoms with Crippen molar-refractivity contribution in [2.75, 3.05) is 32.6 Å². The Bertz CT molecular complexity index is 691. The van der Waals surface area contributed by atoms with E-state index in [-0.39, 0.29) is 24.0 Å². The van der Waals surface area contributed by atoms with Crippen LogP contribution in [0.2, 0.25) is 5.02 Å². The lowest BCUT2D eigenvalue weighted by molar-refractivity contribution is 0.782. The molecule has 0 aliphatic carbocycles. The van der Waals surface area contributed by atoms with E-state index in [2.05, 4.69) is 20.6 Å². The highest BCUT2D eigenvalue weighted by Crippen LogP contribution is 2.14. The molecule has 0 amide bonds. The highest BCUT2D eigenvalue weighted by molar-refractivity contribution is 14.0. The summed E-state index contributed by atoms with van der Waals surface area (Å²) in [5.41, 5.74) is 2.10. The Balaban J connectivity index is 0.00000312. The number of nitrogens with zero attached hydrogens (tertiary/aromatic N) is 3. The Labute approximate surface area is 171 Å². The summed E-state index contributed by atoms with van der Waals surface area (Å²) in [5, 5.41) is 7.37. The van der Waals surface area contributed by atoms with Gasteiger partial charge in [0.2, 0.25) is 0 Å². The third-order valence-corrected chi connectivity index (χ3v) is 3.92. The van der Waals surface area contributed by atoms with Gasteiger partial charge >= 0.3 is 0 Å². The van der Waals surface area contributed by atoms with E-state index in [4.69, 9.17) is 11.6 Å². The summed E-state index contributed by atoms with van der Waals surface area (Å²) in [6.45, 7) is 1.38. The summed E-state index contributed by atoms with van der Waals surface area (Å²) in [6.07, 6.45) is 0.842. The average Bonchev–Trinajstić information content (AvgIpc) is 2.59. The van der Waals surface area contributed by atoms with E-state index in [9.17, 15) is 0 Å². The molecule has 1 heterocycles. The smallest absolute Gasteiger partial charge is 0.191 e. The molecule has 0 saturated carbocycles. The molecule has 0 bridgehead atoms. The topological polar surface area (TPSA) is 52.6 Å². The first-order chi connectivity index (χ1) is 11.6. The molecule has 1 aromatic carbocycles. The lowest BCUT2D eigenvalue weighted by atomic mass is 10.1. The molecule has 5 nitrogen and oxygen atoms in total. The summed E-state index contributed by atoms with van der Waals surface area (Å²) < 4.78 is 0. The van der Waals surface area contributed by atoms with E-state index < -0.39 is 0 Å². The van der Waals surface area contributed by atoms with E-state index in [1.54, 1.807) is 7.05 Å². The van der Waals surface area contributed by atoms with E-state index in [1.807, 2.05) is 61.5 Å². The predicted octanol–water partition coefficient (Wildman–Crippen LogP) is 3.33. The Morgan fingerprint density at radius 2 is 1.88 bits per heavy atom. The third-order valence-electron chi connectivity index (χ3n) is 3.56. The van der Waals surface area contributed by atoms with Gasteiger partial charge in [-0.3, -0.25) is 4.99 Å². The van der Waals surface area contributed by atoms with Crippen LogP contribution in [0.5, 0.6) is 0 Å². The molecule has 0 radical (unpaired) electrons. The number of nitrogens with one attached hydrogen (secondary N) is 2. The molecule has 0 spiro atoms. The molecule has 0 fully saturated rings. The van der Waals surface area contributed by atoms with Crippen molar-refractivity contribution in [2.45, 2.75) is 13.0 Å². The van der Waals surface area contributed by atoms with Crippen LogP contribution < -0.4 is 15.5 Å². The minimum atomic E-state index is 0. The second-order valence-corrected chi connectivity index (χ2v) is 5.98. The summed E-state index contributed by atoms with van der Waals surface area (Å²) in [4.78, 5) is 10.8. The molecule has 2 N–H and O–H groups in total. The molecule has 2 aromatic rings. The normalized spacial score (nSPS) is 10.8. The fourth-order valence-corrected chi connectivity index (χ4v) is 2.46. The van der Waals surface area contributed by atoms with E-state index in [0.717, 1.165) is 41.0 Å². The lowest BCUT2D eigenvalue weighted by Gasteiger charge is -2.14. The van der Waals surface area contributed by atoms with Crippen molar-refractivity contribution in [1.82, 2.24) is 15.6 Å². The molecule has 0 aliphatic rings. The van der Waals surface area contributed by atoms with Gasteiger partial charge < -0.3 is 15.5 Å². The van der Waals surface area contributed by atoms with Gasteiger partial charge in [0.15, 0.2) is 5.96 Å². The standard InChI is InChI=1S/C18H24ClN5.HI/c1-20-18(21-12-11-14-7-4-5-9-16(14)19)22-13-15-8-6-10-17(23-15)24(2)3;/h4-10H,11-13H2,1-3H3,(H2,20,21,22);1H. The van der Waals surface area contributed by atoms with Gasteiger partial charge in [-0.1, -0.05) is 35.9 Å². The van der Waals surface area contributed by atoms with Crippen LogP contribution in [-0.2, 0) is 13.0 Å². The Morgan fingerprint density at radius 1 is 1.12 bits per heavy atom. The number of pyridine rings is 1. The van der Waals surface area contributed by atoms with Gasteiger partial charge in [-0.15, -0.1) is 24.0 Å². The van der Waals surface area contributed by atoms with E-state index in [1.165, 1.54) is 0 Å². The summed E-state index contributed by atoms with van der Waals surface area (Å²) in [7, 11) is 5.72. The Morgan fingerprint density at radius 3 is 2.56 bits per heavy atom. The SMILES string of the molecule is CN=C(NCCc1ccccc1Cl)NCc1cccc(N(C)C)n1.I. The number of aliphatic imine (C=N–C) groups is 1. The number of guanidine groups is 1. The maximum atomic E-state index is 6.17. The van der Waals surface area contributed by atoms with Gasteiger partial charge in [0.05, 0.1) is 12.2 Å². The zero-order valence-electron chi connectivity index (χ0n) is 14.8. The number of benzene rings is 1. The Hall–Kier alpha value is -1.54. The second kappa shape index (κ2) is 11.1. The molecule has 25 heavy (non-hydrogen) atoms. The van der Waals surface area contributed by atoms with Crippen LogP contribution in [0.3, 0.4) is 0 Å². The molecule has 0 unspecified atom stereocenters. The van der Waals surface area contributed by atoms with Gasteiger partial charge in [0.25, 0.3) is 0 Å². The molecule has 136 valence electrons. The van der Waals surface area contributed by atoms with Crippen molar-refractivity contribution >= 4 is 47.4 Å². The van der Waals surface area contributed by atoms with Gasteiger partial charge in [-0.25, -0.2) is 4.98 Å². The number of rotatable bonds is 6. The monoisotopic (exact) mass is 473 g/mol. The highest BCUT2D eigenvalue weighted by atomic mass is 127. The molecule has 0 aliphatic heterocycles.